The molecule has 0 radical (unpaired) electrons. The lowest BCUT2D eigenvalue weighted by molar-refractivity contribution is 0.101. The fourth-order valence-corrected chi connectivity index (χ4v) is 5.24. The second-order valence-corrected chi connectivity index (χ2v) is 8.34. The van der Waals surface area contributed by atoms with Gasteiger partial charge in [-0.3, -0.25) is 4.90 Å². The van der Waals surface area contributed by atoms with Crippen LogP contribution in [-0.4, -0.2) is 55.6 Å². The summed E-state index contributed by atoms with van der Waals surface area (Å²) >= 11 is 0. The molecule has 2 bridgehead atoms. The van der Waals surface area contributed by atoms with Gasteiger partial charge in [0.25, 0.3) is 0 Å². The Hall–Kier alpha value is -0.130. The fraction of sp³-hybridized carbons (Fsp3) is 1.00. The second-order valence-electron chi connectivity index (χ2n) is 6.08. The fourth-order valence-electron chi connectivity index (χ4n) is 4.15. The lowest BCUT2D eigenvalue weighted by Crippen LogP contribution is -2.53. The first-order valence-corrected chi connectivity index (χ1v) is 8.93. The lowest BCUT2D eigenvalue weighted by atomic mass is 9.93. The van der Waals surface area contributed by atoms with Gasteiger partial charge in [-0.25, -0.2) is 8.42 Å². The van der Waals surface area contributed by atoms with Crippen molar-refractivity contribution in [3.8, 4) is 0 Å². The van der Waals surface area contributed by atoms with Gasteiger partial charge in [-0.1, -0.05) is 6.42 Å². The molecule has 0 unspecified atom stereocenters. The zero-order chi connectivity index (χ0) is 12.8. The highest BCUT2D eigenvalue weighted by atomic mass is 32.2. The van der Waals surface area contributed by atoms with E-state index in [1.807, 2.05) is 0 Å². The monoisotopic (exact) mass is 272 g/mol. The molecule has 1 saturated heterocycles. The van der Waals surface area contributed by atoms with E-state index in [1.54, 1.807) is 11.2 Å². The Morgan fingerprint density at radius 2 is 1.78 bits per heavy atom. The Balaban J connectivity index is 1.58. The highest BCUT2D eigenvalue weighted by molar-refractivity contribution is 7.89. The number of hydrogen-bond donors (Lipinski definition) is 0. The molecule has 104 valence electrons. The second kappa shape index (κ2) is 4.76. The molecule has 5 heteroatoms. The third-order valence-corrected chi connectivity index (χ3v) is 7.08. The predicted octanol–water partition coefficient (Wildman–Crippen LogP) is 1.14. The van der Waals surface area contributed by atoms with Gasteiger partial charge in [-0.2, -0.15) is 4.31 Å². The number of rotatable bonds is 3. The molecule has 0 spiro atoms. The molecule has 0 aromatic carbocycles. The molecule has 3 fully saturated rings. The summed E-state index contributed by atoms with van der Waals surface area (Å²) in [4.78, 5) is 2.56. The molecule has 1 heterocycles. The molecule has 0 aromatic rings. The van der Waals surface area contributed by atoms with E-state index in [2.05, 4.69) is 4.90 Å². The standard InChI is InChI=1S/C13H24N2O2S/c1-2-18(16,17)15-7-5-14(6-8-15)13-10-11-3-4-12(13)9-11/h11-13H,2-10H2,1H3/t11-,12-,13+/m1/s1. The van der Waals surface area contributed by atoms with Crippen LogP contribution < -0.4 is 0 Å². The van der Waals surface area contributed by atoms with Crippen molar-refractivity contribution in [3.63, 3.8) is 0 Å². The van der Waals surface area contributed by atoms with Crippen LogP contribution >= 0.6 is 0 Å². The molecule has 2 aliphatic carbocycles. The van der Waals surface area contributed by atoms with Crippen LogP contribution in [0.3, 0.4) is 0 Å². The maximum absolute atomic E-state index is 11.8. The number of nitrogens with zero attached hydrogens (tertiary/aromatic N) is 2. The van der Waals surface area contributed by atoms with Gasteiger partial charge in [0, 0.05) is 32.2 Å². The molecule has 18 heavy (non-hydrogen) atoms. The van der Waals surface area contributed by atoms with Gasteiger partial charge in [0.1, 0.15) is 0 Å². The predicted molar refractivity (Wildman–Crippen MR) is 71.8 cm³/mol. The Bertz CT molecular complexity index is 401. The van der Waals surface area contributed by atoms with E-state index in [-0.39, 0.29) is 5.75 Å². The number of hydrogen-bond acceptors (Lipinski definition) is 3. The van der Waals surface area contributed by atoms with Crippen LogP contribution in [0, 0.1) is 11.8 Å². The maximum atomic E-state index is 11.8. The Morgan fingerprint density at radius 3 is 2.28 bits per heavy atom. The van der Waals surface area contributed by atoms with Crippen molar-refractivity contribution >= 4 is 10.0 Å². The van der Waals surface area contributed by atoms with Gasteiger partial charge in [-0.15, -0.1) is 0 Å². The van der Waals surface area contributed by atoms with Crippen LogP contribution in [0.2, 0.25) is 0 Å². The molecular weight excluding hydrogens is 248 g/mol. The average molecular weight is 272 g/mol. The highest BCUT2D eigenvalue weighted by Crippen LogP contribution is 2.46. The third kappa shape index (κ3) is 2.21. The van der Waals surface area contributed by atoms with Crippen molar-refractivity contribution in [1.82, 2.24) is 9.21 Å². The summed E-state index contributed by atoms with van der Waals surface area (Å²) in [6, 6.07) is 0.759. The van der Waals surface area contributed by atoms with Gasteiger partial charge in [0.2, 0.25) is 10.0 Å². The van der Waals surface area contributed by atoms with Crippen LogP contribution in [0.15, 0.2) is 0 Å². The molecule has 1 aliphatic heterocycles. The normalized spacial score (nSPS) is 38.4. The summed E-state index contributed by atoms with van der Waals surface area (Å²) in [6.45, 7) is 5.01. The molecule has 0 aromatic heterocycles. The minimum Gasteiger partial charge on any atom is -0.297 e. The van der Waals surface area contributed by atoms with E-state index < -0.39 is 10.0 Å². The SMILES string of the molecule is CCS(=O)(=O)N1CCN([C@H]2C[C@@H]3CC[C@@H]2C3)CC1. The molecule has 3 aliphatic rings. The Morgan fingerprint density at radius 1 is 1.06 bits per heavy atom. The minimum atomic E-state index is -2.97. The van der Waals surface area contributed by atoms with E-state index in [0.717, 1.165) is 31.0 Å². The lowest BCUT2D eigenvalue weighted by Gasteiger charge is -2.40. The number of sulfonamides is 1. The number of fused-ring (bicyclic) bond motifs is 2. The summed E-state index contributed by atoms with van der Waals surface area (Å²) in [7, 11) is -2.97. The van der Waals surface area contributed by atoms with E-state index in [4.69, 9.17) is 0 Å². The van der Waals surface area contributed by atoms with E-state index in [0.29, 0.717) is 13.1 Å². The van der Waals surface area contributed by atoms with Crippen molar-refractivity contribution in [2.45, 2.75) is 38.6 Å². The first-order valence-electron chi connectivity index (χ1n) is 7.32. The van der Waals surface area contributed by atoms with Gasteiger partial charge < -0.3 is 0 Å². The van der Waals surface area contributed by atoms with Gasteiger partial charge in [0.15, 0.2) is 0 Å². The van der Waals surface area contributed by atoms with Crippen LogP contribution in [-0.2, 0) is 10.0 Å². The van der Waals surface area contributed by atoms with Crippen molar-refractivity contribution < 1.29 is 8.42 Å². The third-order valence-electron chi connectivity index (χ3n) is 5.20. The highest BCUT2D eigenvalue weighted by Gasteiger charge is 2.43. The topological polar surface area (TPSA) is 40.6 Å². The molecular formula is C13H24N2O2S. The van der Waals surface area contributed by atoms with Gasteiger partial charge >= 0.3 is 0 Å². The molecule has 2 saturated carbocycles. The smallest absolute Gasteiger partial charge is 0.213 e. The molecule has 0 N–H and O–H groups in total. The summed E-state index contributed by atoms with van der Waals surface area (Å²) in [5.41, 5.74) is 0. The zero-order valence-corrected chi connectivity index (χ0v) is 12.0. The molecule has 3 atom stereocenters. The van der Waals surface area contributed by atoms with Crippen LogP contribution in [0.5, 0.6) is 0 Å². The molecule has 0 amide bonds. The number of piperazine rings is 1. The summed E-state index contributed by atoms with van der Waals surface area (Å²) in [5, 5.41) is 0. The maximum Gasteiger partial charge on any atom is 0.213 e. The van der Waals surface area contributed by atoms with Gasteiger partial charge in [0.05, 0.1) is 5.75 Å². The Kier molecular flexibility index (Phi) is 3.41. The first kappa shape index (κ1) is 12.9. The minimum absolute atomic E-state index is 0.237. The summed E-state index contributed by atoms with van der Waals surface area (Å²) in [5.74, 6) is 2.11. The van der Waals surface area contributed by atoms with Crippen molar-refractivity contribution in [2.75, 3.05) is 31.9 Å². The largest absolute Gasteiger partial charge is 0.297 e. The van der Waals surface area contributed by atoms with E-state index in [1.165, 1.54) is 25.7 Å². The quantitative estimate of drug-likeness (QED) is 0.773. The average Bonchev–Trinajstić information content (AvgIpc) is 3.01. The van der Waals surface area contributed by atoms with Crippen molar-refractivity contribution in [3.05, 3.63) is 0 Å². The zero-order valence-electron chi connectivity index (χ0n) is 11.2. The van der Waals surface area contributed by atoms with E-state index >= 15 is 0 Å². The summed E-state index contributed by atoms with van der Waals surface area (Å²) < 4.78 is 25.3. The summed E-state index contributed by atoms with van der Waals surface area (Å²) in [6.07, 6.45) is 5.64. The first-order chi connectivity index (χ1) is 8.60. The van der Waals surface area contributed by atoms with Crippen LogP contribution in [0.25, 0.3) is 0 Å². The molecule has 3 rings (SSSR count). The van der Waals surface area contributed by atoms with Crippen molar-refractivity contribution in [2.24, 2.45) is 11.8 Å². The van der Waals surface area contributed by atoms with Crippen LogP contribution in [0.4, 0.5) is 0 Å². The van der Waals surface area contributed by atoms with Crippen molar-refractivity contribution in [1.29, 1.82) is 0 Å². The van der Waals surface area contributed by atoms with E-state index in [9.17, 15) is 8.42 Å². The van der Waals surface area contributed by atoms with Crippen LogP contribution in [0.1, 0.15) is 32.6 Å². The van der Waals surface area contributed by atoms with Gasteiger partial charge in [-0.05, 0) is 38.0 Å². The Labute approximate surface area is 110 Å². The molecule has 4 nitrogen and oxygen atoms in total.